The molecular formula is C22H14N4O6S. The summed E-state index contributed by atoms with van der Waals surface area (Å²) in [7, 11) is 1.42. The molecule has 5 rings (SSSR count). The number of nitrogens with zero attached hydrogens (tertiary/aromatic N) is 3. The molecule has 11 heteroatoms. The maximum absolute atomic E-state index is 12.6. The number of amidine groups is 2. The van der Waals surface area contributed by atoms with Crippen molar-refractivity contribution in [3.63, 3.8) is 0 Å². The summed E-state index contributed by atoms with van der Waals surface area (Å²) in [5.74, 6) is -0.350. The summed E-state index contributed by atoms with van der Waals surface area (Å²) in [5, 5.41) is 14.9. The summed E-state index contributed by atoms with van der Waals surface area (Å²) in [5.41, 5.74) is 0.588. The van der Waals surface area contributed by atoms with Crippen LogP contribution in [0.1, 0.15) is 21.9 Å². The Balaban J connectivity index is 1.41. The average Bonchev–Trinajstić information content (AvgIpc) is 3.58. The third-order valence-corrected chi connectivity index (χ3v) is 5.53. The summed E-state index contributed by atoms with van der Waals surface area (Å²) in [6.45, 7) is 0. The largest absolute Gasteiger partial charge is 0.493 e. The van der Waals surface area contributed by atoms with E-state index in [1.807, 2.05) is 0 Å². The molecule has 2 aliphatic heterocycles. The van der Waals surface area contributed by atoms with E-state index in [4.69, 9.17) is 23.7 Å². The number of methoxy groups -OCH3 is 1. The monoisotopic (exact) mass is 462 g/mol. The number of aliphatic imine (C=N–C) groups is 1. The lowest BCUT2D eigenvalue weighted by Crippen LogP contribution is -2.35. The fraction of sp³-hybridized carbons (Fsp3) is 0.0455. The minimum atomic E-state index is -0.674. The molecule has 0 saturated heterocycles. The highest BCUT2D eigenvalue weighted by molar-refractivity contribution is 8.27. The number of hydrogen-bond donors (Lipinski definition) is 1. The van der Waals surface area contributed by atoms with Crippen molar-refractivity contribution in [2.24, 2.45) is 10.1 Å². The Hall–Kier alpha value is -4.38. The van der Waals surface area contributed by atoms with Crippen molar-refractivity contribution in [1.29, 1.82) is 5.41 Å². The summed E-state index contributed by atoms with van der Waals surface area (Å²) < 4.78 is 21.0. The molecule has 0 aliphatic carbocycles. The van der Waals surface area contributed by atoms with Crippen molar-refractivity contribution in [2.45, 2.75) is 0 Å². The van der Waals surface area contributed by atoms with Crippen molar-refractivity contribution < 1.29 is 27.9 Å². The molecule has 0 unspecified atom stereocenters. The number of rotatable bonds is 5. The number of esters is 1. The normalized spacial score (nSPS) is 16.5. The van der Waals surface area contributed by atoms with Gasteiger partial charge in [-0.25, -0.2) is 4.79 Å². The SMILES string of the molecule is COc1cc(C=C2C(=N)N3N=C(c4ccco4)SC3=NC2=O)ccc1OC(=O)c1ccco1. The van der Waals surface area contributed by atoms with Gasteiger partial charge in [0.15, 0.2) is 28.1 Å². The second-order valence-corrected chi connectivity index (χ2v) is 7.64. The van der Waals surface area contributed by atoms with Crippen LogP contribution in [0.25, 0.3) is 6.08 Å². The zero-order valence-electron chi connectivity index (χ0n) is 17.0. The quantitative estimate of drug-likeness (QED) is 0.344. The molecule has 0 bridgehead atoms. The molecule has 0 fully saturated rings. The maximum Gasteiger partial charge on any atom is 0.379 e. The van der Waals surface area contributed by atoms with Crippen molar-refractivity contribution >= 4 is 45.8 Å². The van der Waals surface area contributed by atoms with Gasteiger partial charge in [-0.15, -0.1) is 0 Å². The van der Waals surface area contributed by atoms with Gasteiger partial charge in [-0.1, -0.05) is 6.07 Å². The molecule has 0 spiro atoms. The highest BCUT2D eigenvalue weighted by Gasteiger charge is 2.36. The molecule has 1 amide bonds. The molecule has 2 aromatic heterocycles. The highest BCUT2D eigenvalue weighted by atomic mass is 32.2. The van der Waals surface area contributed by atoms with Crippen LogP contribution in [0.5, 0.6) is 11.5 Å². The molecule has 33 heavy (non-hydrogen) atoms. The van der Waals surface area contributed by atoms with Crippen LogP contribution in [-0.2, 0) is 4.79 Å². The van der Waals surface area contributed by atoms with Crippen LogP contribution in [0.2, 0.25) is 0 Å². The number of fused-ring (bicyclic) bond motifs is 1. The maximum atomic E-state index is 12.6. The van der Waals surface area contributed by atoms with Crippen LogP contribution in [0.15, 0.2) is 79.5 Å². The molecule has 0 saturated carbocycles. The third-order valence-electron chi connectivity index (χ3n) is 4.61. The van der Waals surface area contributed by atoms with Gasteiger partial charge in [0.05, 0.1) is 25.2 Å². The van der Waals surface area contributed by atoms with Gasteiger partial charge in [0.2, 0.25) is 10.9 Å². The predicted octanol–water partition coefficient (Wildman–Crippen LogP) is 3.77. The Morgan fingerprint density at radius 2 is 1.97 bits per heavy atom. The number of hydrazone groups is 1. The van der Waals surface area contributed by atoms with E-state index in [0.29, 0.717) is 16.4 Å². The Labute approximate surface area is 190 Å². The number of furan rings is 2. The van der Waals surface area contributed by atoms with Gasteiger partial charge in [-0.2, -0.15) is 15.1 Å². The van der Waals surface area contributed by atoms with Gasteiger partial charge in [0.25, 0.3) is 5.91 Å². The minimum Gasteiger partial charge on any atom is -0.493 e. The van der Waals surface area contributed by atoms with Gasteiger partial charge in [-0.05, 0) is 59.8 Å². The van der Waals surface area contributed by atoms with Crippen LogP contribution in [0.4, 0.5) is 0 Å². The number of ether oxygens (including phenoxy) is 2. The predicted molar refractivity (Wildman–Crippen MR) is 119 cm³/mol. The van der Waals surface area contributed by atoms with E-state index in [-0.39, 0.29) is 33.8 Å². The molecule has 10 nitrogen and oxygen atoms in total. The van der Waals surface area contributed by atoms with Gasteiger partial charge >= 0.3 is 5.97 Å². The fourth-order valence-corrected chi connectivity index (χ4v) is 3.92. The lowest BCUT2D eigenvalue weighted by atomic mass is 10.1. The standard InChI is InChI=1S/C22H14N4O6S/c1-29-17-11-12(6-7-14(17)32-21(28)16-5-3-9-31-16)10-13-18(23)26-22(24-19(13)27)33-20(25-26)15-4-2-8-30-15/h2-11,23H,1H3. The third kappa shape index (κ3) is 3.85. The fourth-order valence-electron chi connectivity index (χ4n) is 3.06. The van der Waals surface area contributed by atoms with E-state index in [1.165, 1.54) is 42.9 Å². The van der Waals surface area contributed by atoms with Crippen molar-refractivity contribution in [2.75, 3.05) is 7.11 Å². The van der Waals surface area contributed by atoms with E-state index in [1.54, 1.807) is 30.3 Å². The smallest absolute Gasteiger partial charge is 0.379 e. The number of amides is 1. The Morgan fingerprint density at radius 3 is 2.70 bits per heavy atom. The van der Waals surface area contributed by atoms with Gasteiger partial charge in [0.1, 0.15) is 0 Å². The molecule has 1 N–H and O–H groups in total. The molecule has 2 aliphatic rings. The Bertz CT molecular complexity index is 1360. The van der Waals surface area contributed by atoms with Crippen LogP contribution >= 0.6 is 11.8 Å². The number of carbonyl (C=O) groups is 2. The molecule has 4 heterocycles. The van der Waals surface area contributed by atoms with Gasteiger partial charge in [0, 0.05) is 0 Å². The first kappa shape index (κ1) is 20.5. The molecule has 3 aromatic rings. The topological polar surface area (TPSA) is 131 Å². The van der Waals surface area contributed by atoms with E-state index < -0.39 is 11.9 Å². The molecule has 0 radical (unpaired) electrons. The number of hydrogen-bond acceptors (Lipinski definition) is 9. The summed E-state index contributed by atoms with van der Waals surface area (Å²) in [6.07, 6.45) is 4.38. The zero-order valence-corrected chi connectivity index (χ0v) is 17.8. The number of nitrogens with one attached hydrogen (secondary N) is 1. The zero-order chi connectivity index (χ0) is 22.9. The van der Waals surface area contributed by atoms with Crippen LogP contribution in [0, 0.1) is 5.41 Å². The van der Waals surface area contributed by atoms with Crippen LogP contribution < -0.4 is 9.47 Å². The molecule has 164 valence electrons. The molecule has 1 aromatic carbocycles. The number of benzene rings is 1. The molecular weight excluding hydrogens is 448 g/mol. The summed E-state index contributed by atoms with van der Waals surface area (Å²) >= 11 is 1.15. The summed E-state index contributed by atoms with van der Waals surface area (Å²) in [4.78, 5) is 28.8. The summed E-state index contributed by atoms with van der Waals surface area (Å²) in [6, 6.07) is 11.2. The average molecular weight is 462 g/mol. The lowest BCUT2D eigenvalue weighted by Gasteiger charge is -2.20. The van der Waals surface area contributed by atoms with Crippen molar-refractivity contribution in [1.82, 2.24) is 5.01 Å². The minimum absolute atomic E-state index is 0.0474. The van der Waals surface area contributed by atoms with E-state index >= 15 is 0 Å². The first-order valence-electron chi connectivity index (χ1n) is 9.51. The Morgan fingerprint density at radius 1 is 1.15 bits per heavy atom. The first-order valence-corrected chi connectivity index (χ1v) is 10.3. The van der Waals surface area contributed by atoms with Crippen LogP contribution in [-0.4, -0.2) is 40.0 Å². The highest BCUT2D eigenvalue weighted by Crippen LogP contribution is 2.33. The van der Waals surface area contributed by atoms with Gasteiger partial charge < -0.3 is 18.3 Å². The Kier molecular flexibility index (Phi) is 5.15. The van der Waals surface area contributed by atoms with E-state index in [0.717, 1.165) is 11.8 Å². The van der Waals surface area contributed by atoms with E-state index in [9.17, 15) is 9.59 Å². The van der Waals surface area contributed by atoms with Crippen LogP contribution in [0.3, 0.4) is 0 Å². The molecule has 0 atom stereocenters. The number of thioether (sulfide) groups is 1. The van der Waals surface area contributed by atoms with Crippen molar-refractivity contribution in [3.8, 4) is 11.5 Å². The second kappa shape index (κ2) is 8.28. The van der Waals surface area contributed by atoms with Crippen molar-refractivity contribution in [3.05, 3.63) is 77.6 Å². The lowest BCUT2D eigenvalue weighted by molar-refractivity contribution is -0.114. The number of carbonyl (C=O) groups excluding carboxylic acids is 2. The van der Waals surface area contributed by atoms with E-state index in [2.05, 4.69) is 10.1 Å². The van der Waals surface area contributed by atoms with Gasteiger partial charge in [-0.3, -0.25) is 10.2 Å². The second-order valence-electron chi connectivity index (χ2n) is 6.68. The first-order chi connectivity index (χ1) is 16.0.